The monoisotopic (exact) mass is 201 g/mol. The highest BCUT2D eigenvalue weighted by Crippen LogP contribution is 2.40. The molecule has 3 N–H and O–H groups in total. The molecule has 1 atom stereocenters. The second-order valence-electron chi connectivity index (χ2n) is 4.47. The summed E-state index contributed by atoms with van der Waals surface area (Å²) in [5.74, 6) is 1.28. The van der Waals surface area contributed by atoms with Gasteiger partial charge in [0.25, 0.3) is 0 Å². The summed E-state index contributed by atoms with van der Waals surface area (Å²) >= 11 is 2.04. The van der Waals surface area contributed by atoms with Gasteiger partial charge in [0, 0.05) is 10.8 Å². The molecule has 0 amide bonds. The fourth-order valence-electron chi connectivity index (χ4n) is 2.49. The largest absolute Gasteiger partial charge is 0.393 e. The van der Waals surface area contributed by atoms with E-state index in [1.54, 1.807) is 0 Å². The van der Waals surface area contributed by atoms with Crippen LogP contribution in [-0.4, -0.2) is 27.8 Å². The van der Waals surface area contributed by atoms with Crippen molar-refractivity contribution >= 4 is 11.8 Å². The van der Waals surface area contributed by atoms with Crippen molar-refractivity contribution < 1.29 is 5.11 Å². The van der Waals surface area contributed by atoms with Crippen LogP contribution in [0.3, 0.4) is 0 Å². The fourth-order valence-corrected chi connectivity index (χ4v) is 4.01. The summed E-state index contributed by atoms with van der Waals surface area (Å²) < 4.78 is 0. The lowest BCUT2D eigenvalue weighted by Crippen LogP contribution is -2.51. The summed E-state index contributed by atoms with van der Waals surface area (Å²) in [7, 11) is 0. The highest BCUT2D eigenvalue weighted by atomic mass is 32.2. The molecule has 0 aromatic rings. The number of thioether (sulfide) groups is 1. The molecule has 13 heavy (non-hydrogen) atoms. The molecule has 3 heteroatoms. The first-order valence-corrected chi connectivity index (χ1v) is 6.34. The van der Waals surface area contributed by atoms with Crippen molar-refractivity contribution in [2.75, 3.05) is 5.75 Å². The molecule has 2 aliphatic rings. The van der Waals surface area contributed by atoms with Gasteiger partial charge in [0.1, 0.15) is 0 Å². The van der Waals surface area contributed by atoms with Crippen molar-refractivity contribution in [3.8, 4) is 0 Å². The number of hydrogen-bond donors (Lipinski definition) is 2. The van der Waals surface area contributed by atoms with Crippen LogP contribution in [0.2, 0.25) is 0 Å². The zero-order valence-electron chi connectivity index (χ0n) is 8.04. The van der Waals surface area contributed by atoms with Crippen LogP contribution in [0, 0.1) is 0 Å². The maximum absolute atomic E-state index is 9.42. The number of hydrogen-bond acceptors (Lipinski definition) is 3. The third-order valence-corrected chi connectivity index (χ3v) is 5.09. The van der Waals surface area contributed by atoms with Crippen molar-refractivity contribution in [1.82, 2.24) is 0 Å². The van der Waals surface area contributed by atoms with Crippen LogP contribution in [0.1, 0.15) is 38.5 Å². The lowest BCUT2D eigenvalue weighted by atomic mass is 9.78. The molecule has 2 nitrogen and oxygen atoms in total. The van der Waals surface area contributed by atoms with E-state index in [0.717, 1.165) is 25.7 Å². The Bertz CT molecular complexity index is 172. The fraction of sp³-hybridized carbons (Fsp3) is 1.00. The van der Waals surface area contributed by atoms with Crippen molar-refractivity contribution in [1.29, 1.82) is 0 Å². The molecule has 1 heterocycles. The van der Waals surface area contributed by atoms with Gasteiger partial charge in [-0.2, -0.15) is 11.8 Å². The summed E-state index contributed by atoms with van der Waals surface area (Å²) in [5, 5.41) is 10.1. The van der Waals surface area contributed by atoms with E-state index in [1.165, 1.54) is 18.6 Å². The van der Waals surface area contributed by atoms with Crippen LogP contribution >= 0.6 is 11.8 Å². The normalized spacial score (nSPS) is 46.6. The van der Waals surface area contributed by atoms with Gasteiger partial charge in [0.05, 0.1) is 6.10 Å². The summed E-state index contributed by atoms with van der Waals surface area (Å²) in [6.07, 6.45) is 6.40. The topological polar surface area (TPSA) is 46.2 Å². The lowest BCUT2D eigenvalue weighted by Gasteiger charge is -2.39. The van der Waals surface area contributed by atoms with Crippen LogP contribution in [-0.2, 0) is 0 Å². The van der Waals surface area contributed by atoms with Crippen LogP contribution in [0.25, 0.3) is 0 Å². The van der Waals surface area contributed by atoms with Gasteiger partial charge in [-0.1, -0.05) is 0 Å². The van der Waals surface area contributed by atoms with E-state index in [0.29, 0.717) is 5.25 Å². The SMILES string of the molecule is NC1(C2CCCS2)CCC(O)CC1. The average Bonchev–Trinajstić information content (AvgIpc) is 2.63. The minimum atomic E-state index is -0.0805. The third kappa shape index (κ3) is 2.03. The Kier molecular flexibility index (Phi) is 2.86. The van der Waals surface area contributed by atoms with Gasteiger partial charge >= 0.3 is 0 Å². The second-order valence-corrected chi connectivity index (χ2v) is 5.78. The third-order valence-electron chi connectivity index (χ3n) is 3.46. The van der Waals surface area contributed by atoms with E-state index in [2.05, 4.69) is 0 Å². The van der Waals surface area contributed by atoms with Gasteiger partial charge < -0.3 is 10.8 Å². The van der Waals surface area contributed by atoms with Crippen molar-refractivity contribution in [2.45, 2.75) is 55.4 Å². The molecule has 0 aromatic carbocycles. The first-order chi connectivity index (χ1) is 6.21. The molecular formula is C10H19NOS. The Morgan fingerprint density at radius 1 is 1.23 bits per heavy atom. The highest BCUT2D eigenvalue weighted by molar-refractivity contribution is 8.00. The molecule has 0 spiro atoms. The van der Waals surface area contributed by atoms with Crippen LogP contribution < -0.4 is 5.73 Å². The molecule has 0 bridgehead atoms. The minimum absolute atomic E-state index is 0.0421. The number of nitrogens with two attached hydrogens (primary N) is 1. The first kappa shape index (κ1) is 9.81. The molecule has 0 radical (unpaired) electrons. The summed E-state index contributed by atoms with van der Waals surface area (Å²) in [5.41, 5.74) is 6.44. The van der Waals surface area contributed by atoms with Gasteiger partial charge in [0.2, 0.25) is 0 Å². The Morgan fingerprint density at radius 3 is 2.46 bits per heavy atom. The van der Waals surface area contributed by atoms with Gasteiger partial charge in [-0.15, -0.1) is 0 Å². The lowest BCUT2D eigenvalue weighted by molar-refractivity contribution is 0.0962. The van der Waals surface area contributed by atoms with E-state index >= 15 is 0 Å². The first-order valence-electron chi connectivity index (χ1n) is 5.29. The van der Waals surface area contributed by atoms with Crippen LogP contribution in [0.4, 0.5) is 0 Å². The van der Waals surface area contributed by atoms with E-state index in [4.69, 9.17) is 5.73 Å². The van der Waals surface area contributed by atoms with E-state index in [1.807, 2.05) is 11.8 Å². The summed E-state index contributed by atoms with van der Waals surface area (Å²) in [6, 6.07) is 0. The molecule has 1 unspecified atom stereocenters. The maximum Gasteiger partial charge on any atom is 0.0541 e. The molecule has 1 saturated heterocycles. The Hall–Kier alpha value is 0.270. The van der Waals surface area contributed by atoms with Crippen molar-refractivity contribution in [2.24, 2.45) is 5.73 Å². The minimum Gasteiger partial charge on any atom is -0.393 e. The van der Waals surface area contributed by atoms with Gasteiger partial charge in [0.15, 0.2) is 0 Å². The zero-order chi connectivity index (χ0) is 9.31. The molecule has 1 saturated carbocycles. The standard InChI is InChI=1S/C10H19NOS/c11-10(9-2-1-7-13-9)5-3-8(12)4-6-10/h8-9,12H,1-7,11H2. The molecule has 76 valence electrons. The number of aliphatic hydroxyl groups is 1. The van der Waals surface area contributed by atoms with Gasteiger partial charge in [-0.25, -0.2) is 0 Å². The van der Waals surface area contributed by atoms with E-state index in [9.17, 15) is 5.11 Å². The summed E-state index contributed by atoms with van der Waals surface area (Å²) in [6.45, 7) is 0. The van der Waals surface area contributed by atoms with E-state index < -0.39 is 0 Å². The molecule has 1 aliphatic heterocycles. The molecule has 0 aromatic heterocycles. The second kappa shape index (κ2) is 3.79. The van der Waals surface area contributed by atoms with Crippen molar-refractivity contribution in [3.05, 3.63) is 0 Å². The Labute approximate surface area is 84.3 Å². The predicted molar refractivity (Wildman–Crippen MR) is 56.9 cm³/mol. The molecule has 2 rings (SSSR count). The average molecular weight is 201 g/mol. The molecule has 1 aliphatic carbocycles. The Balaban J connectivity index is 1.95. The van der Waals surface area contributed by atoms with Gasteiger partial charge in [-0.05, 0) is 44.3 Å². The number of rotatable bonds is 1. The number of aliphatic hydroxyl groups excluding tert-OH is 1. The van der Waals surface area contributed by atoms with Crippen molar-refractivity contribution in [3.63, 3.8) is 0 Å². The molecule has 2 fully saturated rings. The quantitative estimate of drug-likeness (QED) is 0.676. The smallest absolute Gasteiger partial charge is 0.0541 e. The summed E-state index contributed by atoms with van der Waals surface area (Å²) in [4.78, 5) is 0. The maximum atomic E-state index is 9.42. The highest BCUT2D eigenvalue weighted by Gasteiger charge is 2.39. The van der Waals surface area contributed by atoms with Crippen LogP contribution in [0.5, 0.6) is 0 Å². The Morgan fingerprint density at radius 2 is 1.92 bits per heavy atom. The van der Waals surface area contributed by atoms with E-state index in [-0.39, 0.29) is 11.6 Å². The zero-order valence-corrected chi connectivity index (χ0v) is 8.85. The molecular weight excluding hydrogens is 182 g/mol. The van der Waals surface area contributed by atoms with Gasteiger partial charge in [-0.3, -0.25) is 0 Å². The van der Waals surface area contributed by atoms with Crippen LogP contribution in [0.15, 0.2) is 0 Å². The predicted octanol–water partition coefficient (Wildman–Crippen LogP) is 1.51.